The minimum atomic E-state index is -0.0514. The Morgan fingerprint density at radius 2 is 1.91 bits per heavy atom. The highest BCUT2D eigenvalue weighted by Crippen LogP contribution is 2.64. The molecule has 2 saturated carbocycles. The number of Topliss-reactive ketones (excluding diaryl/α,β-unsaturated/α-hetero) is 1. The molecule has 5 atom stereocenters. The third kappa shape index (κ3) is 1.93. The van der Waals surface area contributed by atoms with E-state index >= 15 is 0 Å². The van der Waals surface area contributed by atoms with E-state index in [1.54, 1.807) is 11.6 Å². The van der Waals surface area contributed by atoms with E-state index in [0.717, 1.165) is 24.8 Å². The van der Waals surface area contributed by atoms with Gasteiger partial charge in [-0.2, -0.15) is 0 Å². The third-order valence-electron chi connectivity index (χ3n) is 7.91. The molecule has 0 aliphatic heterocycles. The van der Waals surface area contributed by atoms with E-state index in [9.17, 15) is 9.59 Å². The fourth-order valence-electron chi connectivity index (χ4n) is 6.59. The van der Waals surface area contributed by atoms with Crippen LogP contribution in [0.3, 0.4) is 0 Å². The molecular formula is C21H28O2. The molecule has 0 bridgehead atoms. The van der Waals surface area contributed by atoms with Crippen molar-refractivity contribution in [2.75, 3.05) is 0 Å². The Bertz CT molecular complexity index is 640. The molecule has 4 aliphatic carbocycles. The zero-order chi connectivity index (χ0) is 16.4. The predicted molar refractivity (Wildman–Crippen MR) is 90.9 cm³/mol. The molecule has 2 nitrogen and oxygen atoms in total. The lowest BCUT2D eigenvalue weighted by Crippen LogP contribution is -2.52. The van der Waals surface area contributed by atoms with Gasteiger partial charge in [0, 0.05) is 18.4 Å². The highest BCUT2D eigenvalue weighted by molar-refractivity contribution is 6.05. The van der Waals surface area contributed by atoms with Crippen molar-refractivity contribution in [2.24, 2.45) is 28.6 Å². The Hall–Kier alpha value is -1.18. The summed E-state index contributed by atoms with van der Waals surface area (Å²) in [5.74, 6) is 2.15. The number of allylic oxidation sites excluding steroid dienone is 4. The molecule has 0 spiro atoms. The van der Waals surface area contributed by atoms with Crippen molar-refractivity contribution in [3.8, 4) is 0 Å². The van der Waals surface area contributed by atoms with E-state index in [1.807, 2.05) is 0 Å². The second kappa shape index (κ2) is 4.91. The van der Waals surface area contributed by atoms with Gasteiger partial charge in [0.15, 0.2) is 11.6 Å². The van der Waals surface area contributed by atoms with Gasteiger partial charge in [0.2, 0.25) is 0 Å². The maximum Gasteiger partial charge on any atom is 0.159 e. The van der Waals surface area contributed by atoms with Crippen LogP contribution in [0.2, 0.25) is 0 Å². The molecule has 4 rings (SSSR count). The highest BCUT2D eigenvalue weighted by atomic mass is 16.1. The van der Waals surface area contributed by atoms with Gasteiger partial charge in [-0.15, -0.1) is 0 Å². The molecule has 0 saturated heterocycles. The molecule has 0 N–H and O–H groups in total. The van der Waals surface area contributed by atoms with Gasteiger partial charge in [-0.25, -0.2) is 0 Å². The molecule has 0 amide bonds. The highest BCUT2D eigenvalue weighted by Gasteiger charge is 2.58. The fourth-order valence-corrected chi connectivity index (χ4v) is 6.59. The summed E-state index contributed by atoms with van der Waals surface area (Å²) in [6, 6.07) is 0. The van der Waals surface area contributed by atoms with Crippen LogP contribution in [0.5, 0.6) is 0 Å². The molecule has 3 unspecified atom stereocenters. The summed E-state index contributed by atoms with van der Waals surface area (Å²) in [7, 11) is 0. The predicted octanol–water partition coefficient (Wildman–Crippen LogP) is 4.64. The number of rotatable bonds is 1. The quantitative estimate of drug-likeness (QED) is 0.661. The smallest absolute Gasteiger partial charge is 0.159 e. The van der Waals surface area contributed by atoms with Gasteiger partial charge in [0.25, 0.3) is 0 Å². The summed E-state index contributed by atoms with van der Waals surface area (Å²) in [5, 5.41) is 0. The van der Waals surface area contributed by atoms with Crippen molar-refractivity contribution in [3.05, 3.63) is 23.3 Å². The summed E-state index contributed by atoms with van der Waals surface area (Å²) < 4.78 is 0. The van der Waals surface area contributed by atoms with E-state index in [4.69, 9.17) is 0 Å². The van der Waals surface area contributed by atoms with Gasteiger partial charge in [-0.1, -0.05) is 32.4 Å². The summed E-state index contributed by atoms with van der Waals surface area (Å²) in [6.45, 7) is 6.98. The van der Waals surface area contributed by atoms with E-state index in [-0.39, 0.29) is 17.0 Å². The van der Waals surface area contributed by atoms with Crippen molar-refractivity contribution >= 4 is 11.6 Å². The molecule has 2 heteroatoms. The third-order valence-corrected chi connectivity index (χ3v) is 7.91. The van der Waals surface area contributed by atoms with Crippen LogP contribution in [-0.2, 0) is 9.59 Å². The molecule has 0 aromatic rings. The number of carbonyl (C=O) groups is 2. The largest absolute Gasteiger partial charge is 0.295 e. The molecule has 0 radical (unpaired) electrons. The van der Waals surface area contributed by atoms with Crippen LogP contribution >= 0.6 is 0 Å². The van der Waals surface area contributed by atoms with Crippen molar-refractivity contribution in [1.29, 1.82) is 0 Å². The summed E-state index contributed by atoms with van der Waals surface area (Å²) >= 11 is 0. The van der Waals surface area contributed by atoms with Crippen LogP contribution in [-0.4, -0.2) is 11.6 Å². The normalized spacial score (nSPS) is 45.8. The van der Waals surface area contributed by atoms with Crippen LogP contribution in [0, 0.1) is 28.6 Å². The number of ketones is 2. The van der Waals surface area contributed by atoms with Crippen LogP contribution in [0.4, 0.5) is 0 Å². The van der Waals surface area contributed by atoms with Gasteiger partial charge in [0.05, 0.1) is 0 Å². The average Bonchev–Trinajstić information content (AvgIpc) is 2.86. The van der Waals surface area contributed by atoms with Gasteiger partial charge in [-0.3, -0.25) is 9.59 Å². The van der Waals surface area contributed by atoms with Gasteiger partial charge in [-0.05, 0) is 66.8 Å². The Labute approximate surface area is 139 Å². The summed E-state index contributed by atoms with van der Waals surface area (Å²) in [5.41, 5.74) is 2.75. The molecule has 0 aromatic heterocycles. The number of hydrogen-bond donors (Lipinski definition) is 0. The Morgan fingerprint density at radius 1 is 1.13 bits per heavy atom. The second-order valence-corrected chi connectivity index (χ2v) is 8.72. The SMILES string of the molecule is CCC1=CCC2C3CC(=O)C4=CC(=O)CC[C@]4(C)C3CC[C@]12C. The van der Waals surface area contributed by atoms with E-state index < -0.39 is 0 Å². The van der Waals surface area contributed by atoms with Gasteiger partial charge in [0.1, 0.15) is 0 Å². The first-order valence-corrected chi connectivity index (χ1v) is 9.38. The lowest BCUT2D eigenvalue weighted by Gasteiger charge is -2.57. The standard InChI is InChI=1S/C21H28O2/c1-4-13-5-6-16-15-12-19(23)18-11-14(22)7-9-21(18,3)17(15)8-10-20(13,16)2/h5,11,15-17H,4,6-10,12H2,1-3H3/t15?,16?,17?,20-,21-/m1/s1. The lowest BCUT2D eigenvalue weighted by molar-refractivity contribution is -0.129. The van der Waals surface area contributed by atoms with Gasteiger partial charge < -0.3 is 0 Å². The summed E-state index contributed by atoms with van der Waals surface area (Å²) in [6.07, 6.45) is 11.1. The molecule has 23 heavy (non-hydrogen) atoms. The maximum atomic E-state index is 12.8. The summed E-state index contributed by atoms with van der Waals surface area (Å²) in [4.78, 5) is 24.7. The molecule has 2 fully saturated rings. The second-order valence-electron chi connectivity index (χ2n) is 8.72. The lowest BCUT2D eigenvalue weighted by atomic mass is 9.46. The Morgan fingerprint density at radius 3 is 2.65 bits per heavy atom. The molecule has 4 aliphatic rings. The molecule has 0 heterocycles. The van der Waals surface area contributed by atoms with Crippen molar-refractivity contribution in [3.63, 3.8) is 0 Å². The maximum absolute atomic E-state index is 12.8. The topological polar surface area (TPSA) is 34.1 Å². The van der Waals surface area contributed by atoms with Gasteiger partial charge >= 0.3 is 0 Å². The molecule has 0 aromatic carbocycles. The van der Waals surface area contributed by atoms with Crippen LogP contribution in [0.15, 0.2) is 23.3 Å². The molecule has 124 valence electrons. The number of fused-ring (bicyclic) bond motifs is 5. The Balaban J connectivity index is 1.73. The van der Waals surface area contributed by atoms with Crippen LogP contribution in [0.1, 0.15) is 65.7 Å². The van der Waals surface area contributed by atoms with Crippen LogP contribution in [0.25, 0.3) is 0 Å². The number of hydrogen-bond acceptors (Lipinski definition) is 2. The minimum absolute atomic E-state index is 0.0514. The van der Waals surface area contributed by atoms with E-state index in [2.05, 4.69) is 26.8 Å². The fraction of sp³-hybridized carbons (Fsp3) is 0.714. The minimum Gasteiger partial charge on any atom is -0.295 e. The molecular weight excluding hydrogens is 284 g/mol. The first-order chi connectivity index (χ1) is 10.9. The van der Waals surface area contributed by atoms with Crippen molar-refractivity contribution in [1.82, 2.24) is 0 Å². The monoisotopic (exact) mass is 312 g/mol. The number of carbonyl (C=O) groups excluding carboxylic acids is 2. The first-order valence-electron chi connectivity index (χ1n) is 9.38. The average molecular weight is 312 g/mol. The van der Waals surface area contributed by atoms with E-state index in [1.165, 1.54) is 12.8 Å². The van der Waals surface area contributed by atoms with Crippen molar-refractivity contribution < 1.29 is 9.59 Å². The Kier molecular flexibility index (Phi) is 3.28. The zero-order valence-corrected chi connectivity index (χ0v) is 14.7. The van der Waals surface area contributed by atoms with Crippen molar-refractivity contribution in [2.45, 2.75) is 65.7 Å². The van der Waals surface area contributed by atoms with E-state index in [0.29, 0.717) is 36.0 Å². The van der Waals surface area contributed by atoms with Crippen LogP contribution < -0.4 is 0 Å². The first kappa shape index (κ1) is 15.4. The zero-order valence-electron chi connectivity index (χ0n) is 14.7.